The number of hydrogen-bond donors (Lipinski definition) is 2. The average Bonchev–Trinajstić information content (AvgIpc) is 2.66. The van der Waals surface area contributed by atoms with Crippen LogP contribution >= 0.6 is 11.8 Å². The number of thioether (sulfide) groups is 1. The highest BCUT2D eigenvalue weighted by Gasteiger charge is 2.15. The van der Waals surface area contributed by atoms with Gasteiger partial charge in [-0.15, -0.1) is 11.8 Å². The van der Waals surface area contributed by atoms with E-state index in [-0.39, 0.29) is 5.91 Å². The molecule has 0 fully saturated rings. The molecule has 0 aliphatic rings. The molecule has 26 heavy (non-hydrogen) atoms. The Balaban J connectivity index is 1.94. The van der Waals surface area contributed by atoms with Gasteiger partial charge in [0.25, 0.3) is 11.8 Å². The highest BCUT2D eigenvalue weighted by atomic mass is 32.2. The molecule has 2 N–H and O–H groups in total. The van der Waals surface area contributed by atoms with Gasteiger partial charge < -0.3 is 15.4 Å². The van der Waals surface area contributed by atoms with Gasteiger partial charge in [0.2, 0.25) is 0 Å². The van der Waals surface area contributed by atoms with Crippen molar-refractivity contribution in [2.24, 2.45) is 0 Å². The lowest BCUT2D eigenvalue weighted by Gasteiger charge is -2.09. The van der Waals surface area contributed by atoms with E-state index in [0.29, 0.717) is 28.4 Å². The van der Waals surface area contributed by atoms with E-state index < -0.39 is 18.5 Å². The van der Waals surface area contributed by atoms with Crippen LogP contribution in [0.15, 0.2) is 47.6 Å². The SMILES string of the molecule is CCNC(=O)c1cccc(NC(=O)COC(=O)c2cccnc2SC)c1. The van der Waals surface area contributed by atoms with Crippen molar-refractivity contribution in [2.45, 2.75) is 11.9 Å². The lowest BCUT2D eigenvalue weighted by Crippen LogP contribution is -2.23. The fraction of sp³-hybridized carbons (Fsp3) is 0.222. The zero-order valence-electron chi connectivity index (χ0n) is 14.4. The van der Waals surface area contributed by atoms with Crippen LogP contribution < -0.4 is 10.6 Å². The van der Waals surface area contributed by atoms with Crippen molar-refractivity contribution in [3.8, 4) is 0 Å². The third-order valence-electron chi connectivity index (χ3n) is 3.26. The van der Waals surface area contributed by atoms with Crippen molar-refractivity contribution in [2.75, 3.05) is 24.7 Å². The van der Waals surface area contributed by atoms with Crippen molar-refractivity contribution in [1.29, 1.82) is 0 Å². The minimum atomic E-state index is -0.617. The summed E-state index contributed by atoms with van der Waals surface area (Å²) in [5, 5.41) is 5.82. The van der Waals surface area contributed by atoms with Crippen LogP contribution in [0, 0.1) is 0 Å². The number of nitrogens with zero attached hydrogens (tertiary/aromatic N) is 1. The van der Waals surface area contributed by atoms with Gasteiger partial charge in [-0.1, -0.05) is 6.07 Å². The lowest BCUT2D eigenvalue weighted by atomic mass is 10.2. The number of esters is 1. The fourth-order valence-electron chi connectivity index (χ4n) is 2.12. The predicted octanol–water partition coefficient (Wildman–Crippen LogP) is 2.35. The van der Waals surface area contributed by atoms with Crippen molar-refractivity contribution in [1.82, 2.24) is 10.3 Å². The summed E-state index contributed by atoms with van der Waals surface area (Å²) in [6.45, 7) is 1.90. The molecule has 0 spiro atoms. The Labute approximate surface area is 155 Å². The number of rotatable bonds is 7. The van der Waals surface area contributed by atoms with Gasteiger partial charge in [-0.05, 0) is 43.5 Å². The van der Waals surface area contributed by atoms with Crippen LogP contribution in [0.2, 0.25) is 0 Å². The summed E-state index contributed by atoms with van der Waals surface area (Å²) < 4.78 is 5.04. The first-order valence-electron chi connectivity index (χ1n) is 7.89. The number of hydrogen-bond acceptors (Lipinski definition) is 6. The number of amides is 2. The Morgan fingerprint density at radius 2 is 2.00 bits per heavy atom. The lowest BCUT2D eigenvalue weighted by molar-refractivity contribution is -0.119. The number of anilines is 1. The van der Waals surface area contributed by atoms with Crippen LogP contribution in [0.25, 0.3) is 0 Å². The number of carbonyl (C=O) groups is 3. The molecule has 2 rings (SSSR count). The third-order valence-corrected chi connectivity index (χ3v) is 3.98. The topological polar surface area (TPSA) is 97.4 Å². The molecule has 0 bridgehead atoms. The maximum atomic E-state index is 12.1. The van der Waals surface area contributed by atoms with Crippen LogP contribution in [0.3, 0.4) is 0 Å². The number of aromatic nitrogens is 1. The van der Waals surface area contributed by atoms with Gasteiger partial charge in [0.05, 0.1) is 5.56 Å². The molecule has 2 aromatic rings. The van der Waals surface area contributed by atoms with E-state index in [1.807, 2.05) is 6.92 Å². The molecule has 1 aromatic heterocycles. The van der Waals surface area contributed by atoms with Gasteiger partial charge >= 0.3 is 5.97 Å². The first-order chi connectivity index (χ1) is 12.5. The minimum Gasteiger partial charge on any atom is -0.452 e. The van der Waals surface area contributed by atoms with Crippen LogP contribution in [-0.2, 0) is 9.53 Å². The fourth-order valence-corrected chi connectivity index (χ4v) is 2.65. The van der Waals surface area contributed by atoms with E-state index in [1.54, 1.807) is 48.9 Å². The summed E-state index contributed by atoms with van der Waals surface area (Å²) in [4.78, 5) is 40.0. The summed E-state index contributed by atoms with van der Waals surface area (Å²) in [5.74, 6) is -1.34. The third kappa shape index (κ3) is 5.32. The van der Waals surface area contributed by atoms with Crippen LogP contribution in [0.4, 0.5) is 5.69 Å². The number of ether oxygens (including phenoxy) is 1. The molecule has 0 aliphatic heterocycles. The molecule has 0 atom stereocenters. The number of nitrogens with one attached hydrogen (secondary N) is 2. The van der Waals surface area contributed by atoms with E-state index in [0.717, 1.165) is 0 Å². The normalized spacial score (nSPS) is 10.1. The van der Waals surface area contributed by atoms with Crippen LogP contribution in [0.1, 0.15) is 27.6 Å². The second-order valence-electron chi connectivity index (χ2n) is 5.12. The van der Waals surface area contributed by atoms with Crippen molar-refractivity contribution in [3.05, 3.63) is 53.7 Å². The van der Waals surface area contributed by atoms with Crippen LogP contribution in [-0.4, -0.2) is 42.2 Å². The largest absolute Gasteiger partial charge is 0.452 e. The highest BCUT2D eigenvalue weighted by molar-refractivity contribution is 7.98. The van der Waals surface area contributed by atoms with E-state index in [2.05, 4.69) is 15.6 Å². The standard InChI is InChI=1S/C18H19N3O4S/c1-3-19-16(23)12-6-4-7-13(10-12)21-15(22)11-25-18(24)14-8-5-9-20-17(14)26-2/h4-10H,3,11H2,1-2H3,(H,19,23)(H,21,22). The van der Waals surface area contributed by atoms with Crippen molar-refractivity contribution in [3.63, 3.8) is 0 Å². The van der Waals surface area contributed by atoms with E-state index >= 15 is 0 Å². The number of pyridine rings is 1. The Kier molecular flexibility index (Phi) is 7.16. The van der Waals surface area contributed by atoms with E-state index in [4.69, 9.17) is 4.74 Å². The minimum absolute atomic E-state index is 0.226. The van der Waals surface area contributed by atoms with Gasteiger partial charge in [-0.25, -0.2) is 9.78 Å². The Morgan fingerprint density at radius 1 is 1.19 bits per heavy atom. The van der Waals surface area contributed by atoms with Gasteiger partial charge in [0.15, 0.2) is 6.61 Å². The maximum Gasteiger partial charge on any atom is 0.341 e. The molecule has 0 saturated carbocycles. The monoisotopic (exact) mass is 373 g/mol. The Morgan fingerprint density at radius 3 is 2.73 bits per heavy atom. The Hall–Kier alpha value is -2.87. The molecule has 1 aromatic carbocycles. The first-order valence-corrected chi connectivity index (χ1v) is 9.12. The number of carbonyl (C=O) groups excluding carboxylic acids is 3. The summed E-state index contributed by atoms with van der Waals surface area (Å²) in [7, 11) is 0. The predicted molar refractivity (Wildman–Crippen MR) is 99.4 cm³/mol. The quantitative estimate of drug-likeness (QED) is 0.571. The molecule has 2 amide bonds. The smallest absolute Gasteiger partial charge is 0.341 e. The van der Waals surface area contributed by atoms with Gasteiger partial charge in [0, 0.05) is 24.0 Å². The second-order valence-corrected chi connectivity index (χ2v) is 5.92. The molecule has 0 unspecified atom stereocenters. The number of benzene rings is 1. The average molecular weight is 373 g/mol. The van der Waals surface area contributed by atoms with Crippen molar-refractivity contribution >= 4 is 35.2 Å². The molecule has 0 saturated heterocycles. The van der Waals surface area contributed by atoms with Crippen LogP contribution in [0.5, 0.6) is 0 Å². The molecule has 7 nitrogen and oxygen atoms in total. The molecule has 8 heteroatoms. The maximum absolute atomic E-state index is 12.1. The zero-order valence-corrected chi connectivity index (χ0v) is 15.3. The molecule has 0 aliphatic carbocycles. The second kappa shape index (κ2) is 9.57. The molecular weight excluding hydrogens is 354 g/mol. The first kappa shape index (κ1) is 19.5. The molecule has 0 radical (unpaired) electrons. The van der Waals surface area contributed by atoms with Crippen molar-refractivity contribution < 1.29 is 19.1 Å². The van der Waals surface area contributed by atoms with E-state index in [1.165, 1.54) is 11.8 Å². The molecule has 1 heterocycles. The summed E-state index contributed by atoms with van der Waals surface area (Å²) in [6, 6.07) is 9.73. The molecule has 136 valence electrons. The van der Waals surface area contributed by atoms with Gasteiger partial charge in [0.1, 0.15) is 5.03 Å². The zero-order chi connectivity index (χ0) is 18.9. The summed E-state index contributed by atoms with van der Waals surface area (Å²) >= 11 is 1.32. The van der Waals surface area contributed by atoms with E-state index in [9.17, 15) is 14.4 Å². The highest BCUT2D eigenvalue weighted by Crippen LogP contribution is 2.17. The van der Waals surface area contributed by atoms with Gasteiger partial charge in [-0.3, -0.25) is 9.59 Å². The van der Waals surface area contributed by atoms with Gasteiger partial charge in [-0.2, -0.15) is 0 Å². The molecular formula is C18H19N3O4S. The Bertz CT molecular complexity index is 811. The summed E-state index contributed by atoms with van der Waals surface area (Å²) in [5.41, 5.74) is 1.19. The summed E-state index contributed by atoms with van der Waals surface area (Å²) in [6.07, 6.45) is 3.38.